The number of aromatic nitrogens is 1. The Morgan fingerprint density at radius 3 is 2.76 bits per heavy atom. The number of nitrogens with one attached hydrogen (secondary N) is 1. The molecule has 3 heterocycles. The van der Waals surface area contributed by atoms with Gasteiger partial charge in [-0.25, -0.2) is 9.80 Å². The molecule has 0 aliphatic carbocycles. The minimum absolute atomic E-state index is 0.0965. The van der Waals surface area contributed by atoms with Gasteiger partial charge in [0, 0.05) is 38.8 Å². The first-order valence-corrected chi connectivity index (χ1v) is 11.1. The number of carboxylic acid groups (broad SMARTS) is 1. The second kappa shape index (κ2) is 9.68. The van der Waals surface area contributed by atoms with E-state index in [0.29, 0.717) is 30.2 Å². The molecule has 1 aromatic carbocycles. The number of hydrazone groups is 1. The average Bonchev–Trinajstić information content (AvgIpc) is 3.06. The molecular formula is C23H24ClN5O5. The van der Waals surface area contributed by atoms with Crippen molar-refractivity contribution in [3.05, 3.63) is 59.4 Å². The number of hydrogen-bond donors (Lipinski definition) is 2. The van der Waals surface area contributed by atoms with Crippen LogP contribution in [0.2, 0.25) is 5.02 Å². The summed E-state index contributed by atoms with van der Waals surface area (Å²) >= 11 is 5.91. The van der Waals surface area contributed by atoms with Crippen LogP contribution >= 0.6 is 11.6 Å². The van der Waals surface area contributed by atoms with Crippen molar-refractivity contribution in [1.82, 2.24) is 20.2 Å². The van der Waals surface area contributed by atoms with Gasteiger partial charge < -0.3 is 20.1 Å². The van der Waals surface area contributed by atoms with E-state index in [1.54, 1.807) is 7.05 Å². The fourth-order valence-electron chi connectivity index (χ4n) is 4.41. The van der Waals surface area contributed by atoms with E-state index in [9.17, 15) is 19.5 Å². The monoisotopic (exact) mass is 485 g/mol. The highest BCUT2D eigenvalue weighted by atomic mass is 35.5. The zero-order chi connectivity index (χ0) is 24.3. The number of carbonyl (C=O) groups is 3. The van der Waals surface area contributed by atoms with Crippen molar-refractivity contribution in [2.45, 2.75) is 18.9 Å². The quantitative estimate of drug-likeness (QED) is 0.618. The number of amides is 3. The smallest absolute Gasteiger partial charge is 0.405 e. The van der Waals surface area contributed by atoms with Gasteiger partial charge in [0.1, 0.15) is 23.8 Å². The number of halogens is 1. The zero-order valence-corrected chi connectivity index (χ0v) is 19.2. The molecule has 0 unspecified atom stereocenters. The maximum atomic E-state index is 13.4. The van der Waals surface area contributed by atoms with Gasteiger partial charge in [0.25, 0.3) is 5.91 Å². The summed E-state index contributed by atoms with van der Waals surface area (Å²) in [5.74, 6) is -0.363. The standard InChI is InChI=1S/C23H24ClN5O5/c1-28-21(31)23(10-15-5-3-2-4-6-15)14-29(8-7-19(23)27-28)20(30)18(26-22(32)33)13-34-17-9-16(24)11-25-12-17/h2-6,9,11-12,18,26H,7-8,10,13-14H2,1H3,(H,32,33)/t18-,23-/m1/s1. The fourth-order valence-corrected chi connectivity index (χ4v) is 4.57. The number of likely N-dealkylation sites (tertiary alicyclic amines) is 1. The van der Waals surface area contributed by atoms with Crippen molar-refractivity contribution in [3.63, 3.8) is 0 Å². The molecule has 1 fully saturated rings. The van der Waals surface area contributed by atoms with Crippen molar-refractivity contribution < 1.29 is 24.2 Å². The van der Waals surface area contributed by atoms with E-state index in [1.807, 2.05) is 30.3 Å². The van der Waals surface area contributed by atoms with E-state index < -0.39 is 23.5 Å². The molecule has 4 rings (SSSR count). The van der Waals surface area contributed by atoms with Crippen LogP contribution in [0.4, 0.5) is 4.79 Å². The molecule has 0 saturated carbocycles. The third-order valence-corrected chi connectivity index (χ3v) is 6.17. The number of ether oxygens (including phenoxy) is 1. The van der Waals surface area contributed by atoms with Crippen LogP contribution < -0.4 is 10.1 Å². The van der Waals surface area contributed by atoms with Crippen molar-refractivity contribution in [2.24, 2.45) is 10.5 Å². The summed E-state index contributed by atoms with van der Waals surface area (Å²) in [7, 11) is 1.61. The van der Waals surface area contributed by atoms with Crippen LogP contribution in [0.15, 0.2) is 53.9 Å². The van der Waals surface area contributed by atoms with E-state index >= 15 is 0 Å². The van der Waals surface area contributed by atoms with Gasteiger partial charge in [-0.3, -0.25) is 14.6 Å². The summed E-state index contributed by atoms with van der Waals surface area (Å²) in [6.45, 7) is 0.148. The van der Waals surface area contributed by atoms with Crippen molar-refractivity contribution in [2.75, 3.05) is 26.7 Å². The van der Waals surface area contributed by atoms with Gasteiger partial charge >= 0.3 is 6.09 Å². The Labute approximate surface area is 201 Å². The summed E-state index contributed by atoms with van der Waals surface area (Å²) in [6, 6.07) is 9.88. The second-order valence-electron chi connectivity index (χ2n) is 8.28. The molecule has 0 bridgehead atoms. The van der Waals surface area contributed by atoms with E-state index in [0.717, 1.165) is 11.3 Å². The van der Waals surface area contributed by atoms with Crippen LogP contribution in [0, 0.1) is 5.41 Å². The summed E-state index contributed by atoms with van der Waals surface area (Å²) in [5.41, 5.74) is 0.692. The Kier molecular flexibility index (Phi) is 6.69. The van der Waals surface area contributed by atoms with Crippen LogP contribution in [0.3, 0.4) is 0 Å². The molecule has 1 saturated heterocycles. The molecular weight excluding hydrogens is 462 g/mol. The highest BCUT2D eigenvalue weighted by molar-refractivity contribution is 6.30. The van der Waals surface area contributed by atoms with Gasteiger partial charge in [0.05, 0.1) is 16.9 Å². The van der Waals surface area contributed by atoms with Crippen LogP contribution in [-0.2, 0) is 16.0 Å². The number of nitrogens with zero attached hydrogens (tertiary/aromatic N) is 4. The maximum Gasteiger partial charge on any atom is 0.405 e. The van der Waals surface area contributed by atoms with E-state index in [1.165, 1.54) is 28.4 Å². The van der Waals surface area contributed by atoms with Crippen LogP contribution in [0.25, 0.3) is 0 Å². The summed E-state index contributed by atoms with van der Waals surface area (Å²) in [6.07, 6.45) is 2.29. The number of fused-ring (bicyclic) bond motifs is 1. The Morgan fingerprint density at radius 1 is 1.29 bits per heavy atom. The number of hydrogen-bond acceptors (Lipinski definition) is 6. The Morgan fingerprint density at radius 2 is 2.06 bits per heavy atom. The molecule has 1 aromatic heterocycles. The molecule has 0 spiro atoms. The van der Waals surface area contributed by atoms with Gasteiger partial charge in [0.2, 0.25) is 5.91 Å². The first-order chi connectivity index (χ1) is 16.3. The number of pyridine rings is 1. The molecule has 10 nitrogen and oxygen atoms in total. The van der Waals surface area contributed by atoms with Crippen LogP contribution in [0.1, 0.15) is 12.0 Å². The predicted molar refractivity (Wildman–Crippen MR) is 124 cm³/mol. The first-order valence-electron chi connectivity index (χ1n) is 10.7. The molecule has 2 atom stereocenters. The van der Waals surface area contributed by atoms with Crippen molar-refractivity contribution in [3.8, 4) is 5.75 Å². The normalized spacial score (nSPS) is 20.4. The number of carbonyl (C=O) groups excluding carboxylic acids is 2. The molecule has 3 amide bonds. The van der Waals surface area contributed by atoms with E-state index in [-0.39, 0.29) is 19.1 Å². The summed E-state index contributed by atoms with van der Waals surface area (Å²) in [4.78, 5) is 43.5. The van der Waals surface area contributed by atoms with E-state index in [4.69, 9.17) is 16.3 Å². The van der Waals surface area contributed by atoms with Crippen LogP contribution in [-0.4, -0.2) is 76.4 Å². The van der Waals surface area contributed by atoms with Gasteiger partial charge in [-0.05, 0) is 12.0 Å². The Bertz CT molecular complexity index is 1130. The molecule has 2 aliphatic rings. The molecule has 0 radical (unpaired) electrons. The van der Waals surface area contributed by atoms with Gasteiger partial charge in [-0.1, -0.05) is 41.9 Å². The van der Waals surface area contributed by atoms with E-state index in [2.05, 4.69) is 15.4 Å². The van der Waals surface area contributed by atoms with Gasteiger partial charge in [0.15, 0.2) is 0 Å². The van der Waals surface area contributed by atoms with Gasteiger partial charge in [-0.15, -0.1) is 0 Å². The lowest BCUT2D eigenvalue weighted by Crippen LogP contribution is -2.59. The summed E-state index contributed by atoms with van der Waals surface area (Å²) in [5, 5.41) is 17.6. The highest BCUT2D eigenvalue weighted by Gasteiger charge is 2.53. The summed E-state index contributed by atoms with van der Waals surface area (Å²) < 4.78 is 5.59. The lowest BCUT2D eigenvalue weighted by atomic mass is 9.73. The SMILES string of the molecule is CN1N=C2CCN(C(=O)[C@@H](COc3cncc(Cl)c3)NC(=O)O)C[C@@]2(Cc2ccccc2)C1=O. The number of piperidine rings is 1. The molecule has 11 heteroatoms. The third-order valence-electron chi connectivity index (χ3n) is 5.96. The largest absolute Gasteiger partial charge is 0.489 e. The minimum atomic E-state index is -1.36. The molecule has 2 N–H and O–H groups in total. The molecule has 2 aliphatic heterocycles. The fraction of sp³-hybridized carbons (Fsp3) is 0.348. The maximum absolute atomic E-state index is 13.4. The number of benzene rings is 1. The lowest BCUT2D eigenvalue weighted by Gasteiger charge is -2.40. The van der Waals surface area contributed by atoms with Crippen LogP contribution in [0.5, 0.6) is 5.75 Å². The first kappa shape index (κ1) is 23.5. The highest BCUT2D eigenvalue weighted by Crippen LogP contribution is 2.38. The zero-order valence-electron chi connectivity index (χ0n) is 18.5. The van der Waals surface area contributed by atoms with Crippen molar-refractivity contribution in [1.29, 1.82) is 0 Å². The predicted octanol–water partition coefficient (Wildman–Crippen LogP) is 2.04. The Hall–Kier alpha value is -3.66. The third kappa shape index (κ3) is 4.81. The molecule has 2 aromatic rings. The molecule has 178 valence electrons. The lowest BCUT2D eigenvalue weighted by molar-refractivity contribution is -0.141. The topological polar surface area (TPSA) is 124 Å². The number of rotatable bonds is 7. The minimum Gasteiger partial charge on any atom is -0.489 e. The second-order valence-corrected chi connectivity index (χ2v) is 8.72. The Balaban J connectivity index is 1.55. The van der Waals surface area contributed by atoms with Crippen molar-refractivity contribution >= 4 is 35.2 Å². The average molecular weight is 486 g/mol. The molecule has 34 heavy (non-hydrogen) atoms. The van der Waals surface area contributed by atoms with Gasteiger partial charge in [-0.2, -0.15) is 5.10 Å².